The molecule has 3 aromatic rings. The third-order valence-electron chi connectivity index (χ3n) is 5.09. The molecule has 142 valence electrons. The van der Waals surface area contributed by atoms with E-state index in [-0.39, 0.29) is 5.41 Å². The fraction of sp³-hybridized carbons (Fsp3) is 0.231. The van der Waals surface area contributed by atoms with Gasteiger partial charge in [0, 0.05) is 4.88 Å². The molecule has 1 aromatic heterocycles. The van der Waals surface area contributed by atoms with E-state index in [1.165, 1.54) is 16.0 Å². The van der Waals surface area contributed by atoms with Crippen molar-refractivity contribution in [1.82, 2.24) is 0 Å². The predicted octanol–water partition coefficient (Wildman–Crippen LogP) is 6.89. The lowest BCUT2D eigenvalue weighted by atomic mass is 9.79. The summed E-state index contributed by atoms with van der Waals surface area (Å²) in [6.07, 6.45) is 10.7. The molecule has 0 saturated carbocycles. The quantitative estimate of drug-likeness (QED) is 0.287. The molecule has 1 atom stereocenters. The third-order valence-corrected chi connectivity index (χ3v) is 6.07. The van der Waals surface area contributed by atoms with Gasteiger partial charge in [-0.3, -0.25) is 0 Å². The highest BCUT2D eigenvalue weighted by Gasteiger charge is 2.24. The number of ether oxygens (including phenoxy) is 1. The van der Waals surface area contributed by atoms with E-state index in [0.717, 1.165) is 30.6 Å². The van der Waals surface area contributed by atoms with Crippen LogP contribution in [0.1, 0.15) is 30.2 Å². The summed E-state index contributed by atoms with van der Waals surface area (Å²) in [6.45, 7) is 6.34. The van der Waals surface area contributed by atoms with Gasteiger partial charge in [0.15, 0.2) is 0 Å². The molecule has 3 rings (SSSR count). The Morgan fingerprint density at radius 1 is 1.11 bits per heavy atom. The van der Waals surface area contributed by atoms with E-state index in [1.54, 1.807) is 6.08 Å². The summed E-state index contributed by atoms with van der Waals surface area (Å²) in [5.74, 6) is 3.87. The highest BCUT2D eigenvalue weighted by molar-refractivity contribution is 7.10. The van der Waals surface area contributed by atoms with Crippen LogP contribution < -0.4 is 4.74 Å². The topological polar surface area (TPSA) is 9.23 Å². The molecule has 2 aromatic carbocycles. The highest BCUT2D eigenvalue weighted by atomic mass is 32.1. The fourth-order valence-corrected chi connectivity index (χ4v) is 4.33. The van der Waals surface area contributed by atoms with E-state index < -0.39 is 0 Å². The van der Waals surface area contributed by atoms with Gasteiger partial charge >= 0.3 is 0 Å². The van der Waals surface area contributed by atoms with Crippen molar-refractivity contribution in [3.63, 3.8) is 0 Å². The van der Waals surface area contributed by atoms with Gasteiger partial charge in [0.1, 0.15) is 12.4 Å². The summed E-state index contributed by atoms with van der Waals surface area (Å²) in [6, 6.07) is 20.9. The Hall–Kier alpha value is -2.76. The van der Waals surface area contributed by atoms with Crippen LogP contribution in [0, 0.1) is 12.3 Å². The van der Waals surface area contributed by atoms with E-state index in [0.29, 0.717) is 6.61 Å². The maximum atomic E-state index is 5.95. The maximum absolute atomic E-state index is 5.95. The van der Waals surface area contributed by atoms with Gasteiger partial charge in [0.2, 0.25) is 0 Å². The standard InChI is InChI=1S/C26H26OS/c1-4-19-27-23-15-13-22(14-16-23)26(3,5-2)18-9-12-25-24(17-20-28-25)21-10-7-6-8-11-21/h2,4,6-8,10-11,13-17,20H,1,9,12,18-19H2,3H3. The molecule has 0 spiro atoms. The van der Waals surface area contributed by atoms with Crippen LogP contribution in [0.4, 0.5) is 0 Å². The second-order valence-electron chi connectivity index (χ2n) is 7.08. The van der Waals surface area contributed by atoms with Crippen LogP contribution in [0.5, 0.6) is 5.75 Å². The average molecular weight is 387 g/mol. The Kier molecular flexibility index (Phi) is 6.74. The van der Waals surface area contributed by atoms with Crippen LogP contribution in [-0.2, 0) is 11.8 Å². The molecular weight excluding hydrogens is 360 g/mol. The number of benzene rings is 2. The number of hydrogen-bond donors (Lipinski definition) is 0. The fourth-order valence-electron chi connectivity index (χ4n) is 3.39. The van der Waals surface area contributed by atoms with Crippen LogP contribution in [0.15, 0.2) is 78.7 Å². The Balaban J connectivity index is 1.65. The van der Waals surface area contributed by atoms with Crippen molar-refractivity contribution in [2.75, 3.05) is 6.61 Å². The first-order valence-electron chi connectivity index (χ1n) is 9.60. The smallest absolute Gasteiger partial charge is 0.119 e. The molecule has 0 aliphatic carbocycles. The Labute approximate surface area is 172 Å². The number of thiophene rings is 1. The lowest BCUT2D eigenvalue weighted by Crippen LogP contribution is -2.19. The lowest BCUT2D eigenvalue weighted by Gasteiger charge is -2.24. The minimum atomic E-state index is -0.277. The summed E-state index contributed by atoms with van der Waals surface area (Å²) in [4.78, 5) is 1.43. The van der Waals surface area contributed by atoms with E-state index in [1.807, 2.05) is 23.5 Å². The predicted molar refractivity (Wildman–Crippen MR) is 121 cm³/mol. The van der Waals surface area contributed by atoms with Gasteiger partial charge in [0.25, 0.3) is 0 Å². The molecule has 0 fully saturated rings. The van der Waals surface area contributed by atoms with Crippen LogP contribution >= 0.6 is 11.3 Å². The second-order valence-corrected chi connectivity index (χ2v) is 8.08. The molecule has 0 aliphatic heterocycles. The molecule has 0 N–H and O–H groups in total. The largest absolute Gasteiger partial charge is 0.490 e. The molecular formula is C26H26OS. The van der Waals surface area contributed by atoms with E-state index in [9.17, 15) is 0 Å². The molecule has 0 amide bonds. The first kappa shape index (κ1) is 20.0. The van der Waals surface area contributed by atoms with E-state index in [4.69, 9.17) is 11.2 Å². The third kappa shape index (κ3) is 4.74. The zero-order chi connectivity index (χ0) is 19.8. The Morgan fingerprint density at radius 2 is 1.86 bits per heavy atom. The second kappa shape index (κ2) is 9.44. The summed E-state index contributed by atoms with van der Waals surface area (Å²) >= 11 is 1.83. The molecule has 1 unspecified atom stereocenters. The molecule has 1 nitrogen and oxygen atoms in total. The normalized spacial score (nSPS) is 12.7. The molecule has 1 heterocycles. The zero-order valence-corrected chi connectivity index (χ0v) is 17.2. The molecule has 0 radical (unpaired) electrons. The molecule has 0 saturated heterocycles. The zero-order valence-electron chi connectivity index (χ0n) is 16.4. The van der Waals surface area contributed by atoms with Crippen molar-refractivity contribution < 1.29 is 4.74 Å². The summed E-state index contributed by atoms with van der Waals surface area (Å²) < 4.78 is 5.57. The van der Waals surface area contributed by atoms with Gasteiger partial charge in [-0.15, -0.1) is 17.8 Å². The van der Waals surface area contributed by atoms with Crippen LogP contribution in [0.25, 0.3) is 11.1 Å². The van der Waals surface area contributed by atoms with Crippen molar-refractivity contribution in [1.29, 1.82) is 0 Å². The Bertz CT molecular complexity index is 931. The van der Waals surface area contributed by atoms with Crippen LogP contribution in [0.2, 0.25) is 0 Å². The van der Waals surface area contributed by atoms with E-state index in [2.05, 4.69) is 73.3 Å². The van der Waals surface area contributed by atoms with Gasteiger partial charge in [-0.25, -0.2) is 0 Å². The molecule has 0 aliphatic rings. The highest BCUT2D eigenvalue weighted by Crippen LogP contribution is 2.33. The maximum Gasteiger partial charge on any atom is 0.119 e. The number of aryl methyl sites for hydroxylation is 1. The van der Waals surface area contributed by atoms with Crippen molar-refractivity contribution in [3.8, 4) is 29.2 Å². The van der Waals surface area contributed by atoms with Gasteiger partial charge in [-0.1, -0.05) is 61.0 Å². The van der Waals surface area contributed by atoms with Crippen LogP contribution in [0.3, 0.4) is 0 Å². The molecule has 2 heteroatoms. The van der Waals surface area contributed by atoms with Gasteiger partial charge in [0.05, 0.1) is 5.41 Å². The monoisotopic (exact) mass is 386 g/mol. The lowest BCUT2D eigenvalue weighted by molar-refractivity contribution is 0.363. The van der Waals surface area contributed by atoms with Gasteiger partial charge in [-0.2, -0.15) is 0 Å². The molecule has 28 heavy (non-hydrogen) atoms. The number of rotatable bonds is 9. The minimum Gasteiger partial charge on any atom is -0.490 e. The summed E-state index contributed by atoms with van der Waals surface area (Å²) in [5.41, 5.74) is 3.52. The average Bonchev–Trinajstić information content (AvgIpc) is 3.21. The van der Waals surface area contributed by atoms with Crippen molar-refractivity contribution >= 4 is 11.3 Å². The van der Waals surface area contributed by atoms with Crippen molar-refractivity contribution in [3.05, 3.63) is 89.1 Å². The summed E-state index contributed by atoms with van der Waals surface area (Å²) in [7, 11) is 0. The SMILES string of the molecule is C#CC(C)(CCCc1sccc1-c1ccccc1)c1ccc(OCC=C)cc1. The first-order chi connectivity index (χ1) is 13.7. The van der Waals surface area contributed by atoms with Gasteiger partial charge < -0.3 is 4.74 Å². The molecule has 0 bridgehead atoms. The van der Waals surface area contributed by atoms with Crippen LogP contribution in [-0.4, -0.2) is 6.61 Å². The minimum absolute atomic E-state index is 0.277. The summed E-state index contributed by atoms with van der Waals surface area (Å²) in [5, 5.41) is 2.18. The van der Waals surface area contributed by atoms with E-state index >= 15 is 0 Å². The van der Waals surface area contributed by atoms with Crippen molar-refractivity contribution in [2.24, 2.45) is 0 Å². The van der Waals surface area contributed by atoms with Crippen molar-refractivity contribution in [2.45, 2.75) is 31.6 Å². The number of terminal acetylenes is 1. The Morgan fingerprint density at radius 3 is 2.54 bits per heavy atom. The first-order valence-corrected chi connectivity index (χ1v) is 10.5. The number of hydrogen-bond acceptors (Lipinski definition) is 2. The van der Waals surface area contributed by atoms with Gasteiger partial charge in [-0.05, 0) is 66.5 Å².